The van der Waals surface area contributed by atoms with Gasteiger partial charge in [0.05, 0.1) is 0 Å². The van der Waals surface area contributed by atoms with Gasteiger partial charge in [-0.25, -0.2) is 0 Å². The smallest absolute Gasteiger partial charge is 0.366 e. The molecule has 0 aliphatic heterocycles. The van der Waals surface area contributed by atoms with Crippen molar-refractivity contribution in [3.8, 4) is 11.8 Å². The van der Waals surface area contributed by atoms with E-state index >= 15 is 0 Å². The average molecular weight is 188 g/mol. The molecule has 2 heteroatoms. The van der Waals surface area contributed by atoms with Crippen LogP contribution in [0.2, 0.25) is 0 Å². The van der Waals surface area contributed by atoms with Gasteiger partial charge in [-0.1, -0.05) is 19.8 Å². The summed E-state index contributed by atoms with van der Waals surface area (Å²) in [5.41, 5.74) is -0.274. The molecule has 0 aliphatic rings. The van der Waals surface area contributed by atoms with Crippen LogP contribution in [0, 0.1) is 24.7 Å². The van der Waals surface area contributed by atoms with Gasteiger partial charge in [-0.05, 0) is 25.7 Å². The maximum atomic E-state index is 5.40. The zero-order valence-electron chi connectivity index (χ0n) is 10.3. The molecule has 0 radical (unpaired) electrons. The Kier molecular flexibility index (Phi) is 9.96. The van der Waals surface area contributed by atoms with E-state index in [9.17, 15) is 0 Å². The zero-order chi connectivity index (χ0) is 10.3. The Morgan fingerprint density at radius 3 is 2.36 bits per heavy atom. The maximum absolute atomic E-state index is 5.40. The molecule has 0 spiro atoms. The molecule has 0 rings (SSSR count). The Labute approximate surface area is 101 Å². The predicted molar refractivity (Wildman–Crippen MR) is 57.2 cm³/mol. The summed E-state index contributed by atoms with van der Waals surface area (Å²) >= 11 is 0. The van der Waals surface area contributed by atoms with E-state index in [4.69, 9.17) is 4.74 Å². The van der Waals surface area contributed by atoms with E-state index in [-0.39, 0.29) is 24.5 Å². The molecule has 0 aliphatic carbocycles. The minimum Gasteiger partial charge on any atom is -0.366 e. The molecule has 0 fully saturated rings. The number of ether oxygens (including phenoxy) is 1. The quantitative estimate of drug-likeness (QED) is 0.344. The summed E-state index contributed by atoms with van der Waals surface area (Å²) in [7, 11) is 1.72. The second-order valence-electron chi connectivity index (χ2n) is 3.94. The van der Waals surface area contributed by atoms with Crippen molar-refractivity contribution >= 4 is 0 Å². The topological polar surface area (TPSA) is 9.23 Å². The first kappa shape index (κ1) is 16.5. The first-order valence-corrected chi connectivity index (χ1v) is 4.88. The number of hydrogen-bond acceptors (Lipinski definition) is 1. The fraction of sp³-hybridized carbons (Fsp3) is 0.750. The van der Waals surface area contributed by atoms with Crippen LogP contribution in [-0.4, -0.2) is 12.7 Å². The van der Waals surface area contributed by atoms with E-state index in [1.54, 1.807) is 7.11 Å². The molecular formula is C12H21LiO. The Morgan fingerprint density at radius 1 is 1.43 bits per heavy atom. The minimum absolute atomic E-state index is 0. The molecule has 1 unspecified atom stereocenters. The van der Waals surface area contributed by atoms with E-state index in [1.807, 2.05) is 6.92 Å². The van der Waals surface area contributed by atoms with Gasteiger partial charge < -0.3 is 11.7 Å². The Hall–Kier alpha value is 0.117. The average Bonchev–Trinajstić information content (AvgIpc) is 2.04. The van der Waals surface area contributed by atoms with Gasteiger partial charge in [-0.3, -0.25) is 0 Å². The fourth-order valence-corrected chi connectivity index (χ4v) is 1.30. The van der Waals surface area contributed by atoms with E-state index in [2.05, 4.69) is 32.6 Å². The molecule has 0 N–H and O–H groups in total. The first-order valence-electron chi connectivity index (χ1n) is 4.88. The van der Waals surface area contributed by atoms with Crippen molar-refractivity contribution < 1.29 is 23.6 Å². The molecule has 0 aromatic carbocycles. The third-order valence-corrected chi connectivity index (χ3v) is 1.90. The monoisotopic (exact) mass is 188 g/mol. The van der Waals surface area contributed by atoms with Gasteiger partial charge in [0.25, 0.3) is 0 Å². The summed E-state index contributed by atoms with van der Waals surface area (Å²) < 4.78 is 5.40. The van der Waals surface area contributed by atoms with Crippen LogP contribution in [0.4, 0.5) is 0 Å². The normalized spacial score (nSPS) is 13.9. The Balaban J connectivity index is 0. The molecule has 0 saturated carbocycles. The molecule has 0 saturated heterocycles. The van der Waals surface area contributed by atoms with Crippen LogP contribution in [0.1, 0.15) is 40.0 Å². The standard InChI is InChI=1S/C12H21O.Li/c1-6-7-8-9-12(4,13-5)10-11(2)3;/h11H,1,6-7,10H2,2-5H3;/q-1;+1. The van der Waals surface area contributed by atoms with E-state index in [0.717, 1.165) is 19.3 Å². The molecule has 1 atom stereocenters. The van der Waals surface area contributed by atoms with Crippen LogP contribution in [-0.2, 0) is 4.74 Å². The first-order chi connectivity index (χ1) is 6.04. The third kappa shape index (κ3) is 7.51. The van der Waals surface area contributed by atoms with Crippen molar-refractivity contribution in [2.24, 2.45) is 5.92 Å². The fourth-order valence-electron chi connectivity index (χ4n) is 1.30. The molecule has 0 bridgehead atoms. The van der Waals surface area contributed by atoms with Gasteiger partial charge in [-0.15, -0.1) is 5.92 Å². The second kappa shape index (κ2) is 8.43. The van der Waals surface area contributed by atoms with Crippen LogP contribution in [0.5, 0.6) is 0 Å². The Bertz CT molecular complexity index is 190. The summed E-state index contributed by atoms with van der Waals surface area (Å²) in [5.74, 6) is 6.87. The molecule has 0 aromatic rings. The molecule has 14 heavy (non-hydrogen) atoms. The summed E-state index contributed by atoms with van der Waals surface area (Å²) in [4.78, 5) is 0. The van der Waals surface area contributed by atoms with Crippen molar-refractivity contribution in [2.75, 3.05) is 7.11 Å². The molecule has 0 amide bonds. The van der Waals surface area contributed by atoms with Crippen molar-refractivity contribution in [1.29, 1.82) is 0 Å². The second-order valence-corrected chi connectivity index (χ2v) is 3.94. The molecular weight excluding hydrogens is 167 g/mol. The van der Waals surface area contributed by atoms with E-state index < -0.39 is 0 Å². The molecule has 0 aromatic heterocycles. The van der Waals surface area contributed by atoms with E-state index in [1.165, 1.54) is 0 Å². The van der Waals surface area contributed by atoms with Crippen molar-refractivity contribution in [3.63, 3.8) is 0 Å². The largest absolute Gasteiger partial charge is 1.00 e. The summed E-state index contributed by atoms with van der Waals surface area (Å²) in [6.07, 6.45) is 2.71. The molecule has 1 nitrogen and oxygen atoms in total. The maximum Gasteiger partial charge on any atom is 1.00 e. The minimum atomic E-state index is -0.274. The number of rotatable bonds is 4. The summed E-state index contributed by atoms with van der Waals surface area (Å²) in [6, 6.07) is 0. The van der Waals surface area contributed by atoms with Gasteiger partial charge >= 0.3 is 18.9 Å². The third-order valence-electron chi connectivity index (χ3n) is 1.90. The molecule has 0 heterocycles. The number of hydrogen-bond donors (Lipinski definition) is 0. The van der Waals surface area contributed by atoms with Crippen LogP contribution in [0.25, 0.3) is 0 Å². The van der Waals surface area contributed by atoms with Gasteiger partial charge in [-0.2, -0.15) is 6.42 Å². The zero-order valence-corrected chi connectivity index (χ0v) is 10.3. The van der Waals surface area contributed by atoms with Gasteiger partial charge in [0.15, 0.2) is 0 Å². The number of methoxy groups -OCH3 is 1. The van der Waals surface area contributed by atoms with Gasteiger partial charge in [0.1, 0.15) is 5.60 Å². The van der Waals surface area contributed by atoms with Crippen molar-refractivity contribution in [2.45, 2.75) is 45.6 Å². The SMILES string of the molecule is [CH2-]CCC#CC(C)(CC(C)C)OC.[Li+]. The van der Waals surface area contributed by atoms with Crippen LogP contribution < -0.4 is 18.9 Å². The van der Waals surface area contributed by atoms with Crippen molar-refractivity contribution in [3.05, 3.63) is 6.92 Å². The van der Waals surface area contributed by atoms with Crippen LogP contribution >= 0.6 is 0 Å². The van der Waals surface area contributed by atoms with Crippen LogP contribution in [0.3, 0.4) is 0 Å². The number of unbranched alkanes of at least 4 members (excludes halogenated alkanes) is 1. The summed E-state index contributed by atoms with van der Waals surface area (Å²) in [5, 5.41) is 0. The van der Waals surface area contributed by atoms with E-state index in [0.29, 0.717) is 5.92 Å². The van der Waals surface area contributed by atoms with Gasteiger partial charge in [0.2, 0.25) is 0 Å². The Morgan fingerprint density at radius 2 is 2.00 bits per heavy atom. The molecule has 76 valence electrons. The predicted octanol–water partition coefficient (Wildman–Crippen LogP) is 0.0593. The van der Waals surface area contributed by atoms with Crippen LogP contribution in [0.15, 0.2) is 0 Å². The van der Waals surface area contributed by atoms with Crippen molar-refractivity contribution in [1.82, 2.24) is 0 Å². The van der Waals surface area contributed by atoms with Gasteiger partial charge in [0, 0.05) is 7.11 Å². The summed E-state index contributed by atoms with van der Waals surface area (Å²) in [6.45, 7) is 10.2.